The fraction of sp³-hybridized carbons (Fsp3) is 0.167. The maximum absolute atomic E-state index is 2.40. The Morgan fingerprint density at radius 3 is 1.79 bits per heavy atom. The zero-order chi connectivity index (χ0) is 17.4. The molecule has 0 saturated heterocycles. The minimum atomic E-state index is -0.0435. The molecule has 1 aliphatic carbocycles. The van der Waals surface area contributed by atoms with Crippen LogP contribution in [0.5, 0.6) is 0 Å². The maximum Gasteiger partial charge on any atom is -0.147 e. The molecule has 0 saturated carbocycles. The third kappa shape index (κ3) is 4.59. The number of fused-ring (bicyclic) bond motifs is 1. The Balaban J connectivity index is 0.00000131. The van der Waals surface area contributed by atoms with Gasteiger partial charge in [0.05, 0.1) is 0 Å². The standard InChI is InChI=1S/C24H21.3ClH.Ti/c1-17-7-5-10-20(15-17)24(21-11-6-8-18(2)16-21)23-14-13-19-9-3-4-12-22(19)23;;;;/h3-16,24H,1-2H3;3*1H;. The summed E-state index contributed by atoms with van der Waals surface area (Å²) in [5.74, 6) is 0.298. The molecule has 4 heteroatoms. The summed E-state index contributed by atoms with van der Waals surface area (Å²) in [7, 11) is 0. The van der Waals surface area contributed by atoms with E-state index in [-0.39, 0.29) is 40.9 Å². The van der Waals surface area contributed by atoms with Crippen LogP contribution in [0.25, 0.3) is 6.08 Å². The Morgan fingerprint density at radius 2 is 1.25 bits per heavy atom. The average Bonchev–Trinajstić information content (AvgIpc) is 2.93. The summed E-state index contributed by atoms with van der Waals surface area (Å²) in [6, 6.07) is 26.8. The summed E-state index contributed by atoms with van der Waals surface area (Å²) in [6.45, 7) is 4.36. The van der Waals surface area contributed by atoms with E-state index in [2.05, 4.69) is 119 Å². The normalized spacial score (nSPS) is 16.5. The molecule has 0 nitrogen and oxygen atoms in total. The molecular formula is C24H24Cl3Ti. The fourth-order valence-corrected chi connectivity index (χ4v) is 5.01. The second-order valence-corrected chi connectivity index (χ2v) is 8.34. The molecule has 0 fully saturated rings. The summed E-state index contributed by atoms with van der Waals surface area (Å²) in [5, 5.41) is 0. The van der Waals surface area contributed by atoms with Crippen molar-refractivity contribution in [3.05, 3.63) is 112 Å². The van der Waals surface area contributed by atoms with Gasteiger partial charge in [0.1, 0.15) is 0 Å². The molecule has 0 radical (unpaired) electrons. The van der Waals surface area contributed by atoms with Crippen LogP contribution >= 0.6 is 37.2 Å². The van der Waals surface area contributed by atoms with E-state index in [1.165, 1.54) is 33.4 Å². The predicted octanol–water partition coefficient (Wildman–Crippen LogP) is 7.17. The van der Waals surface area contributed by atoms with Crippen molar-refractivity contribution < 1.29 is 20.4 Å². The smallest absolute Gasteiger partial charge is 0.147 e. The van der Waals surface area contributed by atoms with E-state index in [1.807, 2.05) is 0 Å². The van der Waals surface area contributed by atoms with Gasteiger partial charge in [-0.25, -0.2) is 0 Å². The second-order valence-electron chi connectivity index (χ2n) is 7.05. The first-order chi connectivity index (χ1) is 12.1. The van der Waals surface area contributed by atoms with Gasteiger partial charge in [0.15, 0.2) is 0 Å². The van der Waals surface area contributed by atoms with Gasteiger partial charge >= 0.3 is 162 Å². The number of aryl methyl sites for hydroxylation is 2. The van der Waals surface area contributed by atoms with Crippen molar-refractivity contribution in [2.24, 2.45) is 0 Å². The quantitative estimate of drug-likeness (QED) is 0.359. The van der Waals surface area contributed by atoms with E-state index in [0.717, 1.165) is 0 Å². The van der Waals surface area contributed by atoms with Gasteiger partial charge in [-0.1, -0.05) is 0 Å². The van der Waals surface area contributed by atoms with Crippen LogP contribution < -0.4 is 0 Å². The first kappa shape index (κ1) is 25.0. The van der Waals surface area contributed by atoms with Crippen LogP contribution in [0, 0.1) is 13.8 Å². The van der Waals surface area contributed by atoms with Crippen molar-refractivity contribution in [1.82, 2.24) is 0 Å². The van der Waals surface area contributed by atoms with Crippen LogP contribution in [0.4, 0.5) is 0 Å². The van der Waals surface area contributed by atoms with Gasteiger partial charge in [0.25, 0.3) is 0 Å². The van der Waals surface area contributed by atoms with Crippen LogP contribution in [-0.2, 0) is 24.2 Å². The Hall–Kier alpha value is -1.02. The number of halogens is 3. The largest absolute Gasteiger partial charge is 0.147 e. The Kier molecular flexibility index (Phi) is 9.07. The van der Waals surface area contributed by atoms with Gasteiger partial charge in [0, 0.05) is 0 Å². The number of benzene rings is 3. The molecule has 1 unspecified atom stereocenters. The van der Waals surface area contributed by atoms with E-state index in [0.29, 0.717) is 5.92 Å². The summed E-state index contributed by atoms with van der Waals surface area (Å²) in [5.41, 5.74) is 8.16. The van der Waals surface area contributed by atoms with Crippen molar-refractivity contribution >= 4 is 43.3 Å². The molecule has 1 aliphatic rings. The number of hydrogen-bond donors (Lipinski definition) is 0. The van der Waals surface area contributed by atoms with Crippen LogP contribution in [0.3, 0.4) is 0 Å². The van der Waals surface area contributed by atoms with Crippen LogP contribution in [0.2, 0.25) is 0 Å². The molecule has 145 valence electrons. The van der Waals surface area contributed by atoms with Crippen molar-refractivity contribution in [1.29, 1.82) is 0 Å². The Morgan fingerprint density at radius 1 is 0.714 bits per heavy atom. The molecule has 0 heterocycles. The SMILES string of the molecule is Cc1cccc(C(c2cccc(C)c2)[C]2([Ti])C=Cc3ccccc32)c1.Cl.Cl.Cl. The first-order valence-electron chi connectivity index (χ1n) is 8.75. The molecule has 4 rings (SSSR count). The Labute approximate surface area is 198 Å². The second kappa shape index (κ2) is 10.1. The number of allylic oxidation sites excluding steroid dienone is 1. The van der Waals surface area contributed by atoms with Gasteiger partial charge in [0.2, 0.25) is 0 Å². The molecule has 1 atom stereocenters. The fourth-order valence-electron chi connectivity index (χ4n) is 4.00. The van der Waals surface area contributed by atoms with Gasteiger partial charge < -0.3 is 0 Å². The third-order valence-corrected chi connectivity index (χ3v) is 6.27. The first-order valence-corrected chi connectivity index (χ1v) is 9.53. The van der Waals surface area contributed by atoms with Gasteiger partial charge in [-0.3, -0.25) is 0 Å². The van der Waals surface area contributed by atoms with Crippen molar-refractivity contribution in [3.8, 4) is 0 Å². The predicted molar refractivity (Wildman–Crippen MR) is 123 cm³/mol. The summed E-state index contributed by atoms with van der Waals surface area (Å²) >= 11 is 2.38. The molecule has 0 amide bonds. The van der Waals surface area contributed by atoms with Crippen LogP contribution in [0.15, 0.2) is 78.9 Å². The molecule has 28 heavy (non-hydrogen) atoms. The molecule has 0 aromatic heterocycles. The molecular weight excluding hydrogens is 442 g/mol. The summed E-state index contributed by atoms with van der Waals surface area (Å²) in [4.78, 5) is 0. The molecule has 3 aromatic rings. The molecule has 3 aromatic carbocycles. The Bertz CT molecular complexity index is 922. The molecule has 0 bridgehead atoms. The monoisotopic (exact) mass is 465 g/mol. The minimum Gasteiger partial charge on any atom is -0.147 e. The topological polar surface area (TPSA) is 0 Å². The summed E-state index contributed by atoms with van der Waals surface area (Å²) < 4.78 is -0.0435. The van der Waals surface area contributed by atoms with E-state index >= 15 is 0 Å². The zero-order valence-electron chi connectivity index (χ0n) is 15.9. The van der Waals surface area contributed by atoms with Gasteiger partial charge in [-0.05, 0) is 0 Å². The minimum absolute atomic E-state index is 0. The van der Waals surface area contributed by atoms with E-state index in [4.69, 9.17) is 0 Å². The van der Waals surface area contributed by atoms with Crippen molar-refractivity contribution in [3.63, 3.8) is 0 Å². The van der Waals surface area contributed by atoms with E-state index in [1.54, 1.807) is 0 Å². The van der Waals surface area contributed by atoms with Gasteiger partial charge in [-0.2, -0.15) is 0 Å². The summed E-state index contributed by atoms with van der Waals surface area (Å²) in [6.07, 6.45) is 4.68. The zero-order valence-corrected chi connectivity index (χ0v) is 19.9. The van der Waals surface area contributed by atoms with Gasteiger partial charge in [-0.15, -0.1) is 37.2 Å². The number of hydrogen-bond acceptors (Lipinski definition) is 0. The van der Waals surface area contributed by atoms with Crippen molar-refractivity contribution in [2.45, 2.75) is 23.5 Å². The number of rotatable bonds is 3. The van der Waals surface area contributed by atoms with Crippen LogP contribution in [0.1, 0.15) is 39.3 Å². The average molecular weight is 467 g/mol. The molecule has 0 spiro atoms. The van der Waals surface area contributed by atoms with E-state index in [9.17, 15) is 0 Å². The molecule has 0 aliphatic heterocycles. The van der Waals surface area contributed by atoms with E-state index < -0.39 is 0 Å². The maximum atomic E-state index is 2.40. The molecule has 0 N–H and O–H groups in total. The third-order valence-electron chi connectivity index (χ3n) is 5.14. The van der Waals surface area contributed by atoms with Crippen LogP contribution in [-0.4, -0.2) is 0 Å². The van der Waals surface area contributed by atoms with Crippen molar-refractivity contribution in [2.75, 3.05) is 0 Å².